The predicted octanol–water partition coefficient (Wildman–Crippen LogP) is 3.85. The molecule has 18 heavy (non-hydrogen) atoms. The van der Waals surface area contributed by atoms with Gasteiger partial charge in [-0.15, -0.1) is 0 Å². The Morgan fingerprint density at radius 3 is 2.50 bits per heavy atom. The van der Waals surface area contributed by atoms with Crippen molar-refractivity contribution in [1.82, 2.24) is 5.32 Å². The first kappa shape index (κ1) is 15.4. The van der Waals surface area contributed by atoms with Gasteiger partial charge >= 0.3 is 0 Å². The lowest BCUT2D eigenvalue weighted by Crippen LogP contribution is -2.47. The first-order chi connectivity index (χ1) is 8.45. The Balaban J connectivity index is 2.45. The number of nitriles is 1. The molecule has 4 heteroatoms. The summed E-state index contributed by atoms with van der Waals surface area (Å²) in [5.74, 6) is 1.67. The topological polar surface area (TPSA) is 35.8 Å². The van der Waals surface area contributed by atoms with Crippen LogP contribution in [0.3, 0.4) is 0 Å². The van der Waals surface area contributed by atoms with Crippen LogP contribution in [0.2, 0.25) is 5.02 Å². The Kier molecular flexibility index (Phi) is 6.01. The lowest BCUT2D eigenvalue weighted by molar-refractivity contribution is 0.443. The second-order valence-electron chi connectivity index (χ2n) is 4.86. The maximum absolute atomic E-state index is 9.22. The predicted molar refractivity (Wildman–Crippen MR) is 79.9 cm³/mol. The summed E-state index contributed by atoms with van der Waals surface area (Å²) in [6, 6.07) is 10.5. The highest BCUT2D eigenvalue weighted by Gasteiger charge is 2.23. The second kappa shape index (κ2) is 7.04. The number of nitrogens with zero attached hydrogens (tertiary/aromatic N) is 1. The third-order valence-electron chi connectivity index (χ3n) is 2.43. The van der Waals surface area contributed by atoms with Crippen molar-refractivity contribution in [3.8, 4) is 6.07 Å². The molecule has 1 atom stereocenters. The van der Waals surface area contributed by atoms with Crippen LogP contribution in [0.25, 0.3) is 0 Å². The Morgan fingerprint density at radius 2 is 2.00 bits per heavy atom. The largest absolute Gasteiger partial charge is 0.297 e. The number of rotatable bonds is 6. The Morgan fingerprint density at radius 1 is 1.39 bits per heavy atom. The van der Waals surface area contributed by atoms with Crippen LogP contribution in [0.4, 0.5) is 0 Å². The molecule has 0 saturated carbocycles. The van der Waals surface area contributed by atoms with Gasteiger partial charge in [-0.3, -0.25) is 5.32 Å². The summed E-state index contributed by atoms with van der Waals surface area (Å²) in [5, 5.41) is 13.3. The molecule has 1 aromatic rings. The van der Waals surface area contributed by atoms with E-state index in [0.717, 1.165) is 16.5 Å². The minimum atomic E-state index is -0.467. The van der Waals surface area contributed by atoms with Gasteiger partial charge in [-0.25, -0.2) is 0 Å². The van der Waals surface area contributed by atoms with E-state index in [-0.39, 0.29) is 0 Å². The first-order valence-corrected chi connectivity index (χ1v) is 7.49. The summed E-state index contributed by atoms with van der Waals surface area (Å²) in [7, 11) is 0. The number of hydrogen-bond acceptors (Lipinski definition) is 3. The quantitative estimate of drug-likeness (QED) is 0.861. The molecule has 1 aromatic carbocycles. The van der Waals surface area contributed by atoms with Crippen molar-refractivity contribution in [3.63, 3.8) is 0 Å². The summed E-state index contributed by atoms with van der Waals surface area (Å²) in [6.45, 7) is 6.06. The lowest BCUT2D eigenvalue weighted by Gasteiger charge is -2.25. The SMILES string of the molecule is CC(C)NC(C)(C#N)CSCc1ccc(Cl)cc1. The zero-order valence-corrected chi connectivity index (χ0v) is 12.6. The number of hydrogen-bond donors (Lipinski definition) is 1. The molecule has 0 radical (unpaired) electrons. The van der Waals surface area contributed by atoms with Gasteiger partial charge in [-0.2, -0.15) is 17.0 Å². The van der Waals surface area contributed by atoms with Crippen molar-refractivity contribution in [2.45, 2.75) is 38.1 Å². The van der Waals surface area contributed by atoms with Gasteiger partial charge in [0.1, 0.15) is 5.54 Å². The minimum absolute atomic E-state index is 0.311. The molecule has 0 aromatic heterocycles. The first-order valence-electron chi connectivity index (χ1n) is 5.96. The Hall–Kier alpha value is -0.690. The fourth-order valence-corrected chi connectivity index (χ4v) is 2.91. The van der Waals surface area contributed by atoms with Gasteiger partial charge in [0, 0.05) is 22.6 Å². The molecule has 98 valence electrons. The van der Waals surface area contributed by atoms with Gasteiger partial charge in [0.15, 0.2) is 0 Å². The monoisotopic (exact) mass is 282 g/mol. The van der Waals surface area contributed by atoms with E-state index in [0.29, 0.717) is 6.04 Å². The van der Waals surface area contributed by atoms with Crippen molar-refractivity contribution in [2.24, 2.45) is 0 Å². The van der Waals surface area contributed by atoms with Crippen molar-refractivity contribution in [3.05, 3.63) is 34.9 Å². The lowest BCUT2D eigenvalue weighted by atomic mass is 10.1. The number of benzene rings is 1. The molecule has 0 aliphatic rings. The summed E-state index contributed by atoms with van der Waals surface area (Å²) in [4.78, 5) is 0. The highest BCUT2D eigenvalue weighted by atomic mass is 35.5. The molecule has 1 N–H and O–H groups in total. The second-order valence-corrected chi connectivity index (χ2v) is 6.28. The molecule has 0 saturated heterocycles. The van der Waals surface area contributed by atoms with Gasteiger partial charge in [0.25, 0.3) is 0 Å². The molecule has 0 heterocycles. The van der Waals surface area contributed by atoms with Crippen LogP contribution < -0.4 is 5.32 Å². The summed E-state index contributed by atoms with van der Waals surface area (Å²) >= 11 is 7.60. The van der Waals surface area contributed by atoms with Gasteiger partial charge in [0.2, 0.25) is 0 Å². The maximum Gasteiger partial charge on any atom is 0.113 e. The van der Waals surface area contributed by atoms with E-state index < -0.39 is 5.54 Å². The third kappa shape index (κ3) is 5.30. The minimum Gasteiger partial charge on any atom is -0.297 e. The Bertz CT molecular complexity index is 411. The van der Waals surface area contributed by atoms with Crippen LogP contribution in [0.15, 0.2) is 24.3 Å². The van der Waals surface area contributed by atoms with Gasteiger partial charge in [-0.1, -0.05) is 23.7 Å². The zero-order chi connectivity index (χ0) is 13.6. The maximum atomic E-state index is 9.22. The average molecular weight is 283 g/mol. The molecule has 0 bridgehead atoms. The molecule has 1 rings (SSSR count). The Labute approximate surface area is 119 Å². The molecular weight excluding hydrogens is 264 g/mol. The number of halogens is 1. The van der Waals surface area contributed by atoms with E-state index >= 15 is 0 Å². The molecular formula is C14H19ClN2S. The summed E-state index contributed by atoms with van der Waals surface area (Å²) < 4.78 is 0. The van der Waals surface area contributed by atoms with Crippen molar-refractivity contribution in [1.29, 1.82) is 5.26 Å². The number of thioether (sulfide) groups is 1. The summed E-state index contributed by atoms with van der Waals surface area (Å²) in [5.41, 5.74) is 0.764. The van der Waals surface area contributed by atoms with E-state index in [2.05, 4.69) is 25.2 Å². The molecule has 0 aliphatic carbocycles. The van der Waals surface area contributed by atoms with Crippen LogP contribution in [0.5, 0.6) is 0 Å². The van der Waals surface area contributed by atoms with E-state index in [1.807, 2.05) is 31.2 Å². The van der Waals surface area contributed by atoms with Crippen molar-refractivity contribution in [2.75, 3.05) is 5.75 Å². The van der Waals surface area contributed by atoms with E-state index in [1.165, 1.54) is 5.56 Å². The van der Waals surface area contributed by atoms with Crippen LogP contribution >= 0.6 is 23.4 Å². The van der Waals surface area contributed by atoms with Gasteiger partial charge in [-0.05, 0) is 38.5 Å². The average Bonchev–Trinajstić information content (AvgIpc) is 2.31. The van der Waals surface area contributed by atoms with Gasteiger partial charge < -0.3 is 0 Å². The smallest absolute Gasteiger partial charge is 0.113 e. The standard InChI is InChI=1S/C14H19ClN2S/c1-11(2)17-14(3,9-16)10-18-8-12-4-6-13(15)7-5-12/h4-7,11,17H,8,10H2,1-3H3. The molecule has 0 spiro atoms. The third-order valence-corrected chi connectivity index (χ3v) is 4.00. The number of nitrogens with one attached hydrogen (secondary N) is 1. The van der Waals surface area contributed by atoms with Crippen LogP contribution in [0.1, 0.15) is 26.3 Å². The van der Waals surface area contributed by atoms with Crippen molar-refractivity contribution < 1.29 is 0 Å². The normalized spacial score (nSPS) is 14.2. The molecule has 0 amide bonds. The van der Waals surface area contributed by atoms with Crippen molar-refractivity contribution >= 4 is 23.4 Å². The molecule has 0 fully saturated rings. The van der Waals surface area contributed by atoms with Crippen LogP contribution in [-0.4, -0.2) is 17.3 Å². The van der Waals surface area contributed by atoms with E-state index in [9.17, 15) is 5.26 Å². The zero-order valence-electron chi connectivity index (χ0n) is 11.0. The molecule has 0 aliphatic heterocycles. The highest BCUT2D eigenvalue weighted by Crippen LogP contribution is 2.19. The van der Waals surface area contributed by atoms with E-state index in [4.69, 9.17) is 11.6 Å². The summed E-state index contributed by atoms with van der Waals surface area (Å²) in [6.07, 6.45) is 0. The highest BCUT2D eigenvalue weighted by molar-refractivity contribution is 7.98. The molecule has 1 unspecified atom stereocenters. The van der Waals surface area contributed by atoms with Crippen LogP contribution in [0, 0.1) is 11.3 Å². The fourth-order valence-electron chi connectivity index (χ4n) is 1.70. The van der Waals surface area contributed by atoms with Gasteiger partial charge in [0.05, 0.1) is 6.07 Å². The molecule has 2 nitrogen and oxygen atoms in total. The van der Waals surface area contributed by atoms with Crippen LogP contribution in [-0.2, 0) is 5.75 Å². The fraction of sp³-hybridized carbons (Fsp3) is 0.500. The van der Waals surface area contributed by atoms with E-state index in [1.54, 1.807) is 11.8 Å².